The fraction of sp³-hybridized carbons (Fsp3) is 0.250. The number of anilines is 2. The number of pyridine rings is 1. The zero-order valence-electron chi connectivity index (χ0n) is 14.0. The molecule has 2 N–H and O–H groups in total. The molecule has 0 bridgehead atoms. The smallest absolute Gasteiger partial charge is 0.319 e. The third-order valence-electron chi connectivity index (χ3n) is 3.32. The number of rotatable bonds is 7. The van der Waals surface area contributed by atoms with Crippen molar-refractivity contribution in [2.24, 2.45) is 0 Å². The number of hydrogen-bond donors (Lipinski definition) is 2. The van der Waals surface area contributed by atoms with E-state index in [1.807, 2.05) is 6.92 Å². The van der Waals surface area contributed by atoms with Gasteiger partial charge in [0, 0.05) is 18.9 Å². The van der Waals surface area contributed by atoms with Crippen LogP contribution in [0.25, 0.3) is 0 Å². The molecular formula is C16H16ClFN6O2. The summed E-state index contributed by atoms with van der Waals surface area (Å²) in [4.78, 5) is 12.3. The summed E-state index contributed by atoms with van der Waals surface area (Å²) in [7, 11) is 1.52. The molecule has 0 radical (unpaired) electrons. The van der Waals surface area contributed by atoms with E-state index in [2.05, 4.69) is 30.5 Å². The lowest BCUT2D eigenvalue weighted by atomic mass is 10.2. The van der Waals surface area contributed by atoms with Crippen molar-refractivity contribution in [1.82, 2.24) is 25.1 Å². The van der Waals surface area contributed by atoms with Gasteiger partial charge in [-0.3, -0.25) is 10.1 Å². The van der Waals surface area contributed by atoms with Crippen LogP contribution in [0.15, 0.2) is 30.6 Å². The fourth-order valence-corrected chi connectivity index (χ4v) is 2.27. The molecule has 3 aromatic rings. The van der Waals surface area contributed by atoms with E-state index < -0.39 is 11.9 Å². The molecule has 8 nitrogen and oxygen atoms in total. The van der Waals surface area contributed by atoms with Gasteiger partial charge in [-0.15, -0.1) is 0 Å². The first-order chi connectivity index (χ1) is 12.5. The second-order valence-corrected chi connectivity index (χ2v) is 5.78. The summed E-state index contributed by atoms with van der Waals surface area (Å²) in [5.41, 5.74) is 1.38. The Balaban J connectivity index is 1.80. The Hall–Kier alpha value is -2.78. The molecule has 0 unspecified atom stereocenters. The maximum Gasteiger partial charge on any atom is 0.319 e. The highest BCUT2D eigenvalue weighted by molar-refractivity contribution is 6.32. The largest absolute Gasteiger partial charge is 0.451 e. The van der Waals surface area contributed by atoms with Gasteiger partial charge in [-0.25, -0.2) is 9.37 Å². The Morgan fingerprint density at radius 2 is 2.15 bits per heavy atom. The van der Waals surface area contributed by atoms with Gasteiger partial charge in [0.05, 0.1) is 24.7 Å². The molecule has 26 heavy (non-hydrogen) atoms. The van der Waals surface area contributed by atoms with Crippen LogP contribution in [0.5, 0.6) is 6.01 Å². The average molecular weight is 379 g/mol. The van der Waals surface area contributed by atoms with E-state index in [4.69, 9.17) is 21.1 Å². The van der Waals surface area contributed by atoms with Gasteiger partial charge in [0.15, 0.2) is 17.7 Å². The van der Waals surface area contributed by atoms with Crippen molar-refractivity contribution in [3.05, 3.63) is 52.8 Å². The average Bonchev–Trinajstić information content (AvgIpc) is 3.03. The Labute approximate surface area is 153 Å². The Bertz CT molecular complexity index is 873. The number of aromatic amines is 1. The van der Waals surface area contributed by atoms with Crippen molar-refractivity contribution in [1.29, 1.82) is 0 Å². The molecule has 3 aromatic heterocycles. The lowest BCUT2D eigenvalue weighted by Crippen LogP contribution is -2.16. The van der Waals surface area contributed by atoms with Crippen LogP contribution in [0, 0.1) is 12.7 Å². The van der Waals surface area contributed by atoms with Crippen molar-refractivity contribution >= 4 is 23.2 Å². The minimum Gasteiger partial charge on any atom is -0.451 e. The quantitative estimate of drug-likeness (QED) is 0.651. The molecule has 10 heteroatoms. The number of H-pyrrole nitrogens is 1. The summed E-state index contributed by atoms with van der Waals surface area (Å²) in [5, 5.41) is 10.2. The molecule has 0 fully saturated rings. The van der Waals surface area contributed by atoms with E-state index in [9.17, 15) is 4.39 Å². The van der Waals surface area contributed by atoms with Gasteiger partial charge in [-0.2, -0.15) is 10.1 Å². The van der Waals surface area contributed by atoms with Crippen LogP contribution in [-0.2, 0) is 4.74 Å². The Morgan fingerprint density at radius 3 is 2.81 bits per heavy atom. The molecule has 0 saturated heterocycles. The Kier molecular flexibility index (Phi) is 5.59. The third-order valence-corrected chi connectivity index (χ3v) is 3.60. The molecule has 0 aliphatic heterocycles. The molecule has 0 aliphatic carbocycles. The van der Waals surface area contributed by atoms with E-state index in [0.717, 1.165) is 11.9 Å². The third kappa shape index (κ3) is 4.44. The SMILES string of the molecule is COC[C@H](Oc1ncc(Cl)c(Nc2cc(C)[nH]n2)n1)c1ccc(F)cn1. The van der Waals surface area contributed by atoms with Gasteiger partial charge >= 0.3 is 6.01 Å². The normalized spacial score (nSPS) is 12.0. The van der Waals surface area contributed by atoms with E-state index in [-0.39, 0.29) is 12.6 Å². The highest BCUT2D eigenvalue weighted by atomic mass is 35.5. The molecule has 1 atom stereocenters. The number of aryl methyl sites for hydroxylation is 1. The zero-order valence-corrected chi connectivity index (χ0v) is 14.8. The van der Waals surface area contributed by atoms with Crippen LogP contribution in [0.1, 0.15) is 17.5 Å². The number of nitrogens with zero attached hydrogens (tertiary/aromatic N) is 4. The first kappa shape index (κ1) is 18.0. The van der Waals surface area contributed by atoms with Gasteiger partial charge in [0.25, 0.3) is 0 Å². The van der Waals surface area contributed by atoms with E-state index in [1.165, 1.54) is 25.4 Å². The zero-order chi connectivity index (χ0) is 18.5. The number of hydrogen-bond acceptors (Lipinski definition) is 7. The van der Waals surface area contributed by atoms with Gasteiger partial charge in [-0.1, -0.05) is 11.6 Å². The summed E-state index contributed by atoms with van der Waals surface area (Å²) in [6.07, 6.45) is 1.91. The number of nitrogens with one attached hydrogen (secondary N) is 2. The van der Waals surface area contributed by atoms with Crippen LogP contribution < -0.4 is 10.1 Å². The second-order valence-electron chi connectivity index (χ2n) is 5.37. The summed E-state index contributed by atoms with van der Waals surface area (Å²) in [6.45, 7) is 2.06. The van der Waals surface area contributed by atoms with Crippen LogP contribution in [-0.4, -0.2) is 38.9 Å². The molecule has 0 spiro atoms. The topological polar surface area (TPSA) is 97.8 Å². The van der Waals surface area contributed by atoms with Crippen molar-refractivity contribution in [2.75, 3.05) is 19.0 Å². The Morgan fingerprint density at radius 1 is 1.31 bits per heavy atom. The summed E-state index contributed by atoms with van der Waals surface area (Å²) in [5.74, 6) is 0.461. The maximum absolute atomic E-state index is 13.1. The molecule has 3 heterocycles. The van der Waals surface area contributed by atoms with Crippen molar-refractivity contribution in [2.45, 2.75) is 13.0 Å². The van der Waals surface area contributed by atoms with Crippen LogP contribution >= 0.6 is 11.6 Å². The van der Waals surface area contributed by atoms with Crippen LogP contribution in [0.3, 0.4) is 0 Å². The van der Waals surface area contributed by atoms with Crippen molar-refractivity contribution < 1.29 is 13.9 Å². The maximum atomic E-state index is 13.1. The number of aromatic nitrogens is 5. The lowest BCUT2D eigenvalue weighted by Gasteiger charge is -2.17. The highest BCUT2D eigenvalue weighted by Gasteiger charge is 2.18. The lowest BCUT2D eigenvalue weighted by molar-refractivity contribution is 0.0717. The molecule has 0 aromatic carbocycles. The van der Waals surface area contributed by atoms with Gasteiger partial charge < -0.3 is 14.8 Å². The standard InChI is InChI=1S/C16H16ClFN6O2/c1-9-5-14(24-23-9)21-15-11(17)7-20-16(22-15)26-13(8-25-2)12-4-3-10(18)6-19-12/h3-7,13H,8H2,1-2H3,(H2,20,21,22,23,24)/t13-/m0/s1. The predicted octanol–water partition coefficient (Wildman–Crippen LogP) is 3.21. The minimum absolute atomic E-state index is 0.0670. The molecule has 136 valence electrons. The van der Waals surface area contributed by atoms with E-state index in [1.54, 1.807) is 6.07 Å². The van der Waals surface area contributed by atoms with Gasteiger partial charge in [-0.05, 0) is 19.1 Å². The van der Waals surface area contributed by atoms with Gasteiger partial charge in [0.1, 0.15) is 10.8 Å². The van der Waals surface area contributed by atoms with Crippen LogP contribution in [0.4, 0.5) is 16.0 Å². The second kappa shape index (κ2) is 8.07. The number of ether oxygens (including phenoxy) is 2. The molecular weight excluding hydrogens is 363 g/mol. The predicted molar refractivity (Wildman–Crippen MR) is 93.1 cm³/mol. The molecule has 0 amide bonds. The molecule has 0 saturated carbocycles. The van der Waals surface area contributed by atoms with E-state index in [0.29, 0.717) is 22.4 Å². The van der Waals surface area contributed by atoms with E-state index >= 15 is 0 Å². The van der Waals surface area contributed by atoms with Gasteiger partial charge in [0.2, 0.25) is 0 Å². The highest BCUT2D eigenvalue weighted by Crippen LogP contribution is 2.26. The fourth-order valence-electron chi connectivity index (χ4n) is 2.13. The minimum atomic E-state index is -0.609. The summed E-state index contributed by atoms with van der Waals surface area (Å²) >= 11 is 6.13. The molecule has 0 aliphatic rings. The summed E-state index contributed by atoms with van der Waals surface area (Å²) < 4.78 is 24.0. The van der Waals surface area contributed by atoms with Crippen LogP contribution in [0.2, 0.25) is 5.02 Å². The monoisotopic (exact) mass is 378 g/mol. The first-order valence-corrected chi connectivity index (χ1v) is 8.01. The summed E-state index contributed by atoms with van der Waals surface area (Å²) in [6, 6.07) is 4.68. The van der Waals surface area contributed by atoms with Crippen molar-refractivity contribution in [3.8, 4) is 6.01 Å². The molecule has 3 rings (SSSR count). The first-order valence-electron chi connectivity index (χ1n) is 7.64. The number of methoxy groups -OCH3 is 1. The number of halogens is 2. The van der Waals surface area contributed by atoms with Crippen molar-refractivity contribution in [3.63, 3.8) is 0 Å².